The largest absolute Gasteiger partial charge is 0.490 e. The highest BCUT2D eigenvalue weighted by atomic mass is 16.6. The van der Waals surface area contributed by atoms with Crippen LogP contribution in [0.15, 0.2) is 54.9 Å². The summed E-state index contributed by atoms with van der Waals surface area (Å²) < 4.78 is 12.7. The van der Waals surface area contributed by atoms with E-state index in [0.29, 0.717) is 11.3 Å². The van der Waals surface area contributed by atoms with Crippen molar-refractivity contribution < 1.29 is 19.1 Å². The number of ether oxygens (including phenoxy) is 2. The Bertz CT molecular complexity index is 1050. The minimum absolute atomic E-state index is 0.105. The van der Waals surface area contributed by atoms with Gasteiger partial charge in [-0.25, -0.2) is 4.79 Å². The third-order valence-electron chi connectivity index (χ3n) is 4.27. The highest BCUT2D eigenvalue weighted by Gasteiger charge is 2.15. The van der Waals surface area contributed by atoms with Crippen LogP contribution in [0.25, 0.3) is 5.52 Å². The number of anilines is 1. The van der Waals surface area contributed by atoms with Crippen LogP contribution in [-0.2, 0) is 4.74 Å². The van der Waals surface area contributed by atoms with Crippen molar-refractivity contribution in [2.75, 3.05) is 18.5 Å². The molecule has 0 unspecified atom stereocenters. The first-order chi connectivity index (χ1) is 14.2. The van der Waals surface area contributed by atoms with Gasteiger partial charge in [0.25, 0.3) is 5.91 Å². The van der Waals surface area contributed by atoms with Gasteiger partial charge >= 0.3 is 6.09 Å². The average Bonchev–Trinajstić information content (AvgIpc) is 2.99. The van der Waals surface area contributed by atoms with E-state index >= 15 is 0 Å². The number of nitrogens with zero attached hydrogens (tertiary/aromatic N) is 1. The van der Waals surface area contributed by atoms with E-state index in [1.165, 1.54) is 0 Å². The fraction of sp³-hybridized carbons (Fsp3) is 0.304. The molecule has 3 aromatic rings. The SMILES string of the molecule is Cc1cn2ccccc2c1NC(=O)c1cccc(OCCOC(=O)NC(C)(C)C)c1. The Labute approximate surface area is 176 Å². The number of fused-ring (bicyclic) bond motifs is 1. The van der Waals surface area contributed by atoms with Crippen molar-refractivity contribution in [3.05, 3.63) is 66.0 Å². The third kappa shape index (κ3) is 5.53. The lowest BCUT2D eigenvalue weighted by molar-refractivity contribution is 0.102. The normalized spacial score (nSPS) is 11.2. The molecule has 0 radical (unpaired) electrons. The lowest BCUT2D eigenvalue weighted by Crippen LogP contribution is -2.41. The van der Waals surface area contributed by atoms with Gasteiger partial charge in [-0.05, 0) is 63.6 Å². The van der Waals surface area contributed by atoms with Gasteiger partial charge in [0.05, 0.1) is 11.2 Å². The summed E-state index contributed by atoms with van der Waals surface area (Å²) in [6.07, 6.45) is 3.42. The number of carbonyl (C=O) groups excluding carboxylic acids is 2. The standard InChI is InChI=1S/C23H27N3O4/c1-16-15-26-11-6-5-10-19(26)20(16)24-21(27)17-8-7-9-18(14-17)29-12-13-30-22(28)25-23(2,3)4/h5-11,14-15H,12-13H2,1-4H3,(H,24,27)(H,25,28). The second-order valence-electron chi connectivity index (χ2n) is 8.02. The topological polar surface area (TPSA) is 81.1 Å². The fourth-order valence-electron chi connectivity index (χ4n) is 2.97. The molecule has 3 rings (SSSR count). The first-order valence-electron chi connectivity index (χ1n) is 9.78. The molecule has 0 spiro atoms. The minimum atomic E-state index is -0.491. The molecule has 0 aliphatic heterocycles. The monoisotopic (exact) mass is 409 g/mol. The van der Waals surface area contributed by atoms with Gasteiger partial charge < -0.3 is 24.5 Å². The Balaban J connectivity index is 1.58. The number of nitrogens with one attached hydrogen (secondary N) is 2. The molecule has 158 valence electrons. The van der Waals surface area contributed by atoms with E-state index in [9.17, 15) is 9.59 Å². The number of aryl methyl sites for hydroxylation is 1. The summed E-state index contributed by atoms with van der Waals surface area (Å²) in [5, 5.41) is 5.70. The van der Waals surface area contributed by atoms with Crippen molar-refractivity contribution in [2.24, 2.45) is 0 Å². The van der Waals surface area contributed by atoms with Crippen molar-refractivity contribution in [2.45, 2.75) is 33.2 Å². The van der Waals surface area contributed by atoms with Gasteiger partial charge in [-0.3, -0.25) is 4.79 Å². The number of hydrogen-bond acceptors (Lipinski definition) is 4. The Hall–Kier alpha value is -3.48. The van der Waals surface area contributed by atoms with Gasteiger partial charge in [-0.15, -0.1) is 0 Å². The maximum atomic E-state index is 12.8. The van der Waals surface area contributed by atoms with Crippen LogP contribution in [0.5, 0.6) is 5.75 Å². The van der Waals surface area contributed by atoms with Crippen molar-refractivity contribution in [3.63, 3.8) is 0 Å². The first kappa shape index (κ1) is 21.2. The molecule has 2 N–H and O–H groups in total. The molecule has 0 fully saturated rings. The van der Waals surface area contributed by atoms with E-state index in [1.54, 1.807) is 24.3 Å². The Kier molecular flexibility index (Phi) is 6.30. The van der Waals surface area contributed by atoms with Crippen molar-refractivity contribution >= 4 is 23.2 Å². The molecule has 7 heteroatoms. The number of pyridine rings is 1. The molecule has 2 heterocycles. The molecule has 2 aromatic heterocycles. The highest BCUT2D eigenvalue weighted by molar-refractivity contribution is 6.07. The predicted octanol–water partition coefficient (Wildman–Crippen LogP) is 4.40. The van der Waals surface area contributed by atoms with E-state index < -0.39 is 6.09 Å². The summed E-state index contributed by atoms with van der Waals surface area (Å²) in [5.41, 5.74) is 2.82. The summed E-state index contributed by atoms with van der Waals surface area (Å²) in [7, 11) is 0. The molecule has 7 nitrogen and oxygen atoms in total. The van der Waals surface area contributed by atoms with E-state index in [1.807, 2.05) is 62.7 Å². The molecule has 30 heavy (non-hydrogen) atoms. The van der Waals surface area contributed by atoms with Crippen LogP contribution in [0.4, 0.5) is 10.5 Å². The van der Waals surface area contributed by atoms with Crippen molar-refractivity contribution in [1.29, 1.82) is 0 Å². The number of alkyl carbamates (subject to hydrolysis) is 1. The van der Waals surface area contributed by atoms with Crippen molar-refractivity contribution in [3.8, 4) is 5.75 Å². The van der Waals surface area contributed by atoms with Crippen LogP contribution in [0.2, 0.25) is 0 Å². The predicted molar refractivity (Wildman–Crippen MR) is 116 cm³/mol. The third-order valence-corrected chi connectivity index (χ3v) is 4.27. The fourth-order valence-corrected chi connectivity index (χ4v) is 2.97. The number of amides is 2. The van der Waals surface area contributed by atoms with E-state index in [4.69, 9.17) is 9.47 Å². The molecule has 0 atom stereocenters. The quantitative estimate of drug-likeness (QED) is 0.591. The van der Waals surface area contributed by atoms with Gasteiger partial charge in [0.15, 0.2) is 0 Å². The van der Waals surface area contributed by atoms with Crippen molar-refractivity contribution in [1.82, 2.24) is 9.72 Å². The minimum Gasteiger partial charge on any atom is -0.490 e. The number of rotatable bonds is 6. The molecular weight excluding hydrogens is 382 g/mol. The number of hydrogen-bond donors (Lipinski definition) is 2. The van der Waals surface area contributed by atoms with Gasteiger partial charge in [0.2, 0.25) is 0 Å². The average molecular weight is 409 g/mol. The molecular formula is C23H27N3O4. The van der Waals surface area contributed by atoms with Gasteiger partial charge in [0, 0.05) is 23.5 Å². The summed E-state index contributed by atoms with van der Waals surface area (Å²) in [4.78, 5) is 24.4. The van der Waals surface area contributed by atoms with E-state index in [2.05, 4.69) is 10.6 Å². The summed E-state index contributed by atoms with van der Waals surface area (Å²) >= 11 is 0. The van der Waals surface area contributed by atoms with Crippen LogP contribution >= 0.6 is 0 Å². The zero-order chi connectivity index (χ0) is 21.7. The zero-order valence-electron chi connectivity index (χ0n) is 17.7. The van der Waals surface area contributed by atoms with Crippen LogP contribution in [0.3, 0.4) is 0 Å². The smallest absolute Gasteiger partial charge is 0.407 e. The first-order valence-corrected chi connectivity index (χ1v) is 9.78. The van der Waals surface area contributed by atoms with Gasteiger partial charge in [-0.1, -0.05) is 12.1 Å². The Morgan fingerprint density at radius 1 is 1.07 bits per heavy atom. The molecule has 0 saturated carbocycles. The molecule has 1 aromatic carbocycles. The highest BCUT2D eigenvalue weighted by Crippen LogP contribution is 2.24. The lowest BCUT2D eigenvalue weighted by Gasteiger charge is -2.19. The molecule has 0 aliphatic carbocycles. The number of carbonyl (C=O) groups is 2. The van der Waals surface area contributed by atoms with Crippen LogP contribution < -0.4 is 15.4 Å². The molecule has 0 aliphatic rings. The summed E-state index contributed by atoms with van der Waals surface area (Å²) in [6.45, 7) is 7.87. The Morgan fingerprint density at radius 3 is 2.63 bits per heavy atom. The number of aromatic nitrogens is 1. The maximum Gasteiger partial charge on any atom is 0.407 e. The summed E-state index contributed by atoms with van der Waals surface area (Å²) in [5.74, 6) is 0.308. The van der Waals surface area contributed by atoms with Crippen LogP contribution in [0, 0.1) is 6.92 Å². The van der Waals surface area contributed by atoms with E-state index in [0.717, 1.165) is 16.8 Å². The second kappa shape index (κ2) is 8.90. The van der Waals surface area contributed by atoms with E-state index in [-0.39, 0.29) is 24.7 Å². The molecule has 0 saturated heterocycles. The number of benzene rings is 1. The zero-order valence-corrected chi connectivity index (χ0v) is 17.7. The lowest BCUT2D eigenvalue weighted by atomic mass is 10.1. The summed E-state index contributed by atoms with van der Waals surface area (Å²) in [6, 6.07) is 12.7. The second-order valence-corrected chi connectivity index (χ2v) is 8.02. The maximum absolute atomic E-state index is 12.8. The molecule has 0 bridgehead atoms. The van der Waals surface area contributed by atoms with Gasteiger partial charge in [0.1, 0.15) is 19.0 Å². The molecule has 2 amide bonds. The van der Waals surface area contributed by atoms with Gasteiger partial charge in [-0.2, -0.15) is 0 Å². The van der Waals surface area contributed by atoms with Crippen LogP contribution in [-0.4, -0.2) is 35.2 Å². The van der Waals surface area contributed by atoms with Crippen LogP contribution in [0.1, 0.15) is 36.7 Å². The Morgan fingerprint density at radius 2 is 1.87 bits per heavy atom.